The third-order valence-electron chi connectivity index (χ3n) is 1.44. The van der Waals surface area contributed by atoms with Crippen LogP contribution in [0.1, 0.15) is 47.0 Å². The van der Waals surface area contributed by atoms with Gasteiger partial charge in [-0.15, -0.1) is 0 Å². The van der Waals surface area contributed by atoms with Crippen LogP contribution >= 0.6 is 0 Å². The molecule has 0 aromatic rings. The fourth-order valence-corrected chi connectivity index (χ4v) is 0.876. The molecule has 76 valence electrons. The zero-order chi connectivity index (χ0) is 10.5. The Hall–Kier alpha value is -0.780. The lowest BCUT2D eigenvalue weighted by Crippen LogP contribution is -1.71. The molecule has 0 bridgehead atoms. The Morgan fingerprint density at radius 2 is 1.77 bits per heavy atom. The molecule has 0 saturated carbocycles. The van der Waals surface area contributed by atoms with Crippen molar-refractivity contribution in [2.24, 2.45) is 0 Å². The van der Waals surface area contributed by atoms with Crippen LogP contribution < -0.4 is 0 Å². The molecule has 0 unspecified atom stereocenters. The van der Waals surface area contributed by atoms with Crippen molar-refractivity contribution in [3.05, 3.63) is 36.5 Å². The molecular formula is C13H24. The zero-order valence-corrected chi connectivity index (χ0v) is 9.64. The van der Waals surface area contributed by atoms with Gasteiger partial charge >= 0.3 is 0 Å². The van der Waals surface area contributed by atoms with E-state index in [0.717, 1.165) is 12.8 Å². The summed E-state index contributed by atoms with van der Waals surface area (Å²) in [6.45, 7) is 12.2. The third kappa shape index (κ3) is 18.3. The lowest BCUT2D eigenvalue weighted by molar-refractivity contribution is 0.929. The van der Waals surface area contributed by atoms with E-state index in [1.807, 2.05) is 19.9 Å². The Morgan fingerprint density at radius 1 is 1.15 bits per heavy atom. The van der Waals surface area contributed by atoms with E-state index in [0.29, 0.717) is 0 Å². The standard InChI is InChI=1S/C8H14.C5H10/c1-4-6-8(3)7-5-2;1-3-5-4-2/h4,6H,3,5,7H2,1-2H3;3,5H,4H2,1-2H3/b6-4-;5-3-. The molecule has 0 nitrogen and oxygen atoms in total. The minimum atomic E-state index is 1.13. The second-order valence-electron chi connectivity index (χ2n) is 2.89. The number of hydrogen-bond donors (Lipinski definition) is 0. The second kappa shape index (κ2) is 13.8. The summed E-state index contributed by atoms with van der Waals surface area (Å²) in [5.74, 6) is 0. The van der Waals surface area contributed by atoms with Crippen LogP contribution in [0.5, 0.6) is 0 Å². The minimum absolute atomic E-state index is 1.13. The first kappa shape index (κ1) is 14.7. The molecule has 0 heterocycles. The van der Waals surface area contributed by atoms with E-state index in [-0.39, 0.29) is 0 Å². The molecule has 0 fully saturated rings. The van der Waals surface area contributed by atoms with Gasteiger partial charge in [0, 0.05) is 0 Å². The first-order valence-corrected chi connectivity index (χ1v) is 5.14. The Bertz CT molecular complexity index is 149. The van der Waals surface area contributed by atoms with Gasteiger partial charge in [0.2, 0.25) is 0 Å². The summed E-state index contributed by atoms with van der Waals surface area (Å²) in [6.07, 6.45) is 11.8. The maximum absolute atomic E-state index is 3.85. The molecule has 0 amide bonds. The maximum atomic E-state index is 3.85. The molecule has 0 aliphatic carbocycles. The van der Waals surface area contributed by atoms with Gasteiger partial charge in [-0.2, -0.15) is 0 Å². The number of allylic oxidation sites excluding steroid dienone is 5. The molecule has 0 aromatic heterocycles. The van der Waals surface area contributed by atoms with Crippen LogP contribution in [0.2, 0.25) is 0 Å². The molecule has 0 atom stereocenters. The van der Waals surface area contributed by atoms with Crippen molar-refractivity contribution in [1.29, 1.82) is 0 Å². The van der Waals surface area contributed by atoms with Gasteiger partial charge in [0.05, 0.1) is 0 Å². The number of hydrogen-bond acceptors (Lipinski definition) is 0. The van der Waals surface area contributed by atoms with E-state index in [1.54, 1.807) is 0 Å². The summed E-state index contributed by atoms with van der Waals surface area (Å²) >= 11 is 0. The van der Waals surface area contributed by atoms with Gasteiger partial charge in [0.15, 0.2) is 0 Å². The van der Waals surface area contributed by atoms with Crippen molar-refractivity contribution in [3.8, 4) is 0 Å². The van der Waals surface area contributed by atoms with Crippen molar-refractivity contribution < 1.29 is 0 Å². The van der Waals surface area contributed by atoms with E-state index >= 15 is 0 Å². The lowest BCUT2D eigenvalue weighted by atomic mass is 10.2. The SMILES string of the molecule is C/C=C\CC.C=C(/C=C\C)CCC. The fraction of sp³-hybridized carbons (Fsp3) is 0.538. The van der Waals surface area contributed by atoms with Gasteiger partial charge in [-0.25, -0.2) is 0 Å². The summed E-state index contributed by atoms with van der Waals surface area (Å²) in [6, 6.07) is 0. The van der Waals surface area contributed by atoms with Crippen molar-refractivity contribution >= 4 is 0 Å². The third-order valence-corrected chi connectivity index (χ3v) is 1.44. The van der Waals surface area contributed by atoms with E-state index in [4.69, 9.17) is 0 Å². The maximum Gasteiger partial charge on any atom is -0.0287 e. The highest BCUT2D eigenvalue weighted by atomic mass is 13.9. The lowest BCUT2D eigenvalue weighted by Gasteiger charge is -1.91. The van der Waals surface area contributed by atoms with Crippen LogP contribution in [0.3, 0.4) is 0 Å². The Morgan fingerprint density at radius 3 is 2.00 bits per heavy atom. The summed E-state index contributed by atoms with van der Waals surface area (Å²) < 4.78 is 0. The van der Waals surface area contributed by atoms with E-state index in [9.17, 15) is 0 Å². The molecule has 13 heavy (non-hydrogen) atoms. The molecular weight excluding hydrogens is 156 g/mol. The molecule has 0 N–H and O–H groups in total. The van der Waals surface area contributed by atoms with Crippen LogP contribution in [-0.4, -0.2) is 0 Å². The molecule has 0 rings (SSSR count). The largest absolute Gasteiger partial charge is 0.0958 e. The van der Waals surface area contributed by atoms with Gasteiger partial charge in [-0.3, -0.25) is 0 Å². The van der Waals surface area contributed by atoms with Crippen LogP contribution in [0.25, 0.3) is 0 Å². The zero-order valence-electron chi connectivity index (χ0n) is 9.64. The van der Waals surface area contributed by atoms with E-state index in [1.165, 1.54) is 12.0 Å². The smallest absolute Gasteiger partial charge is 0.0287 e. The minimum Gasteiger partial charge on any atom is -0.0958 e. The highest BCUT2D eigenvalue weighted by Gasteiger charge is 1.81. The highest BCUT2D eigenvalue weighted by molar-refractivity contribution is 5.12. The van der Waals surface area contributed by atoms with Gasteiger partial charge in [-0.05, 0) is 26.7 Å². The Kier molecular flexibility index (Phi) is 15.6. The quantitative estimate of drug-likeness (QED) is 0.427. The summed E-state index contributed by atoms with van der Waals surface area (Å²) in [5, 5.41) is 0. The van der Waals surface area contributed by atoms with Crippen LogP contribution in [0.4, 0.5) is 0 Å². The molecule has 0 radical (unpaired) electrons. The van der Waals surface area contributed by atoms with E-state index in [2.05, 4.69) is 38.7 Å². The fourth-order valence-electron chi connectivity index (χ4n) is 0.876. The summed E-state index contributed by atoms with van der Waals surface area (Å²) in [7, 11) is 0. The van der Waals surface area contributed by atoms with E-state index < -0.39 is 0 Å². The first-order chi connectivity index (χ1) is 6.22. The number of rotatable bonds is 4. The van der Waals surface area contributed by atoms with Crippen LogP contribution in [-0.2, 0) is 0 Å². The van der Waals surface area contributed by atoms with Gasteiger partial charge in [0.25, 0.3) is 0 Å². The average molecular weight is 180 g/mol. The van der Waals surface area contributed by atoms with Gasteiger partial charge < -0.3 is 0 Å². The Labute approximate surface area is 84.1 Å². The Balaban J connectivity index is 0. The van der Waals surface area contributed by atoms with Gasteiger partial charge in [0.1, 0.15) is 0 Å². The summed E-state index contributed by atoms with van der Waals surface area (Å²) in [5.41, 5.74) is 1.23. The van der Waals surface area contributed by atoms with Crippen molar-refractivity contribution in [2.75, 3.05) is 0 Å². The predicted molar refractivity (Wildman–Crippen MR) is 64.0 cm³/mol. The first-order valence-electron chi connectivity index (χ1n) is 5.14. The van der Waals surface area contributed by atoms with Crippen molar-refractivity contribution in [1.82, 2.24) is 0 Å². The average Bonchev–Trinajstić information content (AvgIpc) is 2.08. The van der Waals surface area contributed by atoms with Crippen LogP contribution in [0.15, 0.2) is 36.5 Å². The van der Waals surface area contributed by atoms with Crippen LogP contribution in [0, 0.1) is 0 Å². The molecule has 0 aromatic carbocycles. The monoisotopic (exact) mass is 180 g/mol. The molecule has 0 aliphatic heterocycles. The molecule has 0 aliphatic rings. The molecule has 0 saturated heterocycles. The topological polar surface area (TPSA) is 0 Å². The van der Waals surface area contributed by atoms with Crippen molar-refractivity contribution in [3.63, 3.8) is 0 Å². The normalized spacial score (nSPS) is 10.2. The predicted octanol–water partition coefficient (Wildman–Crippen LogP) is 4.89. The molecule has 0 spiro atoms. The van der Waals surface area contributed by atoms with Crippen molar-refractivity contribution in [2.45, 2.75) is 47.0 Å². The summed E-state index contributed by atoms with van der Waals surface area (Å²) in [4.78, 5) is 0. The van der Waals surface area contributed by atoms with Gasteiger partial charge in [-0.1, -0.05) is 56.7 Å². The highest BCUT2D eigenvalue weighted by Crippen LogP contribution is 2.01. The second-order valence-corrected chi connectivity index (χ2v) is 2.89. The molecule has 0 heteroatoms.